The first-order valence-corrected chi connectivity index (χ1v) is 11.7. The normalized spacial score (nSPS) is 24.0. The number of piperidine rings is 1. The average Bonchev–Trinajstić information content (AvgIpc) is 3.34. The number of ether oxygens (including phenoxy) is 1. The first-order valence-electron chi connectivity index (χ1n) is 11.7. The number of rotatable bonds is 5. The molecule has 6 rings (SSSR count). The molecule has 1 aromatic carbocycles. The van der Waals surface area contributed by atoms with Crippen molar-refractivity contribution in [3.63, 3.8) is 0 Å². The van der Waals surface area contributed by atoms with Gasteiger partial charge in [-0.25, -0.2) is 14.1 Å². The molecule has 172 valence electrons. The Bertz CT molecular complexity index is 1140. The molecule has 3 aliphatic rings. The van der Waals surface area contributed by atoms with E-state index < -0.39 is 0 Å². The molecule has 4 heterocycles. The lowest BCUT2D eigenvalue weighted by Crippen LogP contribution is -2.48. The Labute approximate surface area is 192 Å². The summed E-state index contributed by atoms with van der Waals surface area (Å²) in [5.74, 6) is 2.93. The van der Waals surface area contributed by atoms with Crippen LogP contribution in [0.15, 0.2) is 42.6 Å². The van der Waals surface area contributed by atoms with E-state index in [2.05, 4.69) is 26.2 Å². The Morgan fingerprint density at radius 1 is 1.06 bits per heavy atom. The van der Waals surface area contributed by atoms with Crippen molar-refractivity contribution in [2.45, 2.75) is 31.8 Å². The van der Waals surface area contributed by atoms with Crippen molar-refractivity contribution in [1.82, 2.24) is 19.7 Å². The molecule has 1 aliphatic carbocycles. The van der Waals surface area contributed by atoms with Gasteiger partial charge in [0.25, 0.3) is 0 Å². The molecule has 2 bridgehead atoms. The highest BCUT2D eigenvalue weighted by Crippen LogP contribution is 2.40. The number of benzene rings is 1. The second kappa shape index (κ2) is 8.20. The third kappa shape index (κ3) is 3.75. The molecular formula is C24H28FN7O. The summed E-state index contributed by atoms with van der Waals surface area (Å²) >= 11 is 0. The Kier molecular flexibility index (Phi) is 5.04. The van der Waals surface area contributed by atoms with Gasteiger partial charge in [-0.15, -0.1) is 5.10 Å². The molecule has 8 nitrogen and oxygen atoms in total. The second-order valence-electron chi connectivity index (χ2n) is 9.17. The number of hydrogen-bond acceptors (Lipinski definition) is 7. The quantitative estimate of drug-likeness (QED) is 0.637. The SMILES string of the molecule is COc1cc(N2C[C@H]3CC[C@H](C2)C3Nc2nc3n(n2)CCCN3c2cccc(F)c2)ccn1. The molecular weight excluding hydrogens is 421 g/mol. The van der Waals surface area contributed by atoms with Crippen molar-refractivity contribution in [3.05, 3.63) is 48.4 Å². The van der Waals surface area contributed by atoms with Gasteiger partial charge in [-0.1, -0.05) is 6.07 Å². The van der Waals surface area contributed by atoms with Gasteiger partial charge in [-0.05, 0) is 55.4 Å². The standard InChI is InChI=1S/C24H28FN7O/c1-33-21-13-19(8-9-26-21)30-14-16-6-7-17(15-30)22(16)27-23-28-24-31(10-3-11-32(24)29-23)20-5-2-4-18(25)12-20/h2,4-5,8-9,12-13,16-17,22H,3,6-7,10-11,14-15H2,1H3,(H,27,29)/t16-,17-/m1/s1. The number of aryl methyl sites for hydroxylation is 1. The van der Waals surface area contributed by atoms with E-state index in [9.17, 15) is 4.39 Å². The number of nitrogens with zero attached hydrogens (tertiary/aromatic N) is 6. The lowest BCUT2D eigenvalue weighted by molar-refractivity contribution is 0.374. The van der Waals surface area contributed by atoms with Crippen molar-refractivity contribution < 1.29 is 9.13 Å². The van der Waals surface area contributed by atoms with Crippen LogP contribution in [0.2, 0.25) is 0 Å². The number of methoxy groups -OCH3 is 1. The average molecular weight is 450 g/mol. The van der Waals surface area contributed by atoms with Crippen molar-refractivity contribution in [1.29, 1.82) is 0 Å². The molecule has 33 heavy (non-hydrogen) atoms. The lowest BCUT2D eigenvalue weighted by atomic mass is 9.92. The van der Waals surface area contributed by atoms with Crippen LogP contribution < -0.4 is 19.9 Å². The van der Waals surface area contributed by atoms with Crippen LogP contribution in [0, 0.1) is 17.7 Å². The number of aromatic nitrogens is 4. The fourth-order valence-corrected chi connectivity index (χ4v) is 5.64. The van der Waals surface area contributed by atoms with Crippen molar-refractivity contribution in [3.8, 4) is 5.88 Å². The van der Waals surface area contributed by atoms with Crippen LogP contribution in [0.25, 0.3) is 0 Å². The van der Waals surface area contributed by atoms with Crippen LogP contribution in [0.1, 0.15) is 19.3 Å². The summed E-state index contributed by atoms with van der Waals surface area (Å²) in [4.78, 5) is 13.6. The summed E-state index contributed by atoms with van der Waals surface area (Å²) in [7, 11) is 1.65. The molecule has 0 unspecified atom stereocenters. The van der Waals surface area contributed by atoms with Gasteiger partial charge < -0.3 is 19.9 Å². The third-order valence-corrected chi connectivity index (χ3v) is 7.19. The monoisotopic (exact) mass is 449 g/mol. The van der Waals surface area contributed by atoms with Crippen LogP contribution in [-0.4, -0.2) is 52.5 Å². The van der Waals surface area contributed by atoms with E-state index in [1.54, 1.807) is 19.2 Å². The number of halogens is 1. The zero-order chi connectivity index (χ0) is 22.4. The van der Waals surface area contributed by atoms with E-state index in [-0.39, 0.29) is 5.82 Å². The smallest absolute Gasteiger partial charge is 0.244 e. The number of pyridine rings is 1. The number of fused-ring (bicyclic) bond motifs is 3. The zero-order valence-electron chi connectivity index (χ0n) is 18.7. The molecule has 2 aromatic heterocycles. The van der Waals surface area contributed by atoms with Gasteiger partial charge in [-0.3, -0.25) is 0 Å². The minimum Gasteiger partial charge on any atom is -0.481 e. The molecule has 1 saturated carbocycles. The summed E-state index contributed by atoms with van der Waals surface area (Å²) in [5.41, 5.74) is 1.98. The third-order valence-electron chi connectivity index (χ3n) is 7.19. The molecule has 1 N–H and O–H groups in total. The molecule has 9 heteroatoms. The molecule has 3 aromatic rings. The van der Waals surface area contributed by atoms with Crippen LogP contribution in [0.5, 0.6) is 5.88 Å². The van der Waals surface area contributed by atoms with Gasteiger partial charge in [0.1, 0.15) is 5.82 Å². The summed E-state index contributed by atoms with van der Waals surface area (Å²) < 4.78 is 21.1. The van der Waals surface area contributed by atoms with Crippen molar-refractivity contribution in [2.75, 3.05) is 41.9 Å². The zero-order valence-corrected chi connectivity index (χ0v) is 18.7. The van der Waals surface area contributed by atoms with Gasteiger partial charge in [0.05, 0.1) is 7.11 Å². The molecule has 2 fully saturated rings. The van der Waals surface area contributed by atoms with Crippen LogP contribution >= 0.6 is 0 Å². The fraction of sp³-hybridized carbons (Fsp3) is 0.458. The first-order chi connectivity index (χ1) is 16.2. The summed E-state index contributed by atoms with van der Waals surface area (Å²) in [6.45, 7) is 3.61. The van der Waals surface area contributed by atoms with E-state index in [1.165, 1.54) is 24.6 Å². The summed E-state index contributed by atoms with van der Waals surface area (Å²) in [6.07, 6.45) is 5.16. The van der Waals surface area contributed by atoms with Gasteiger partial charge >= 0.3 is 0 Å². The molecule has 2 atom stereocenters. The molecule has 0 amide bonds. The van der Waals surface area contributed by atoms with Crippen LogP contribution in [0.3, 0.4) is 0 Å². The minimum absolute atomic E-state index is 0.238. The number of hydrogen-bond donors (Lipinski definition) is 1. The maximum absolute atomic E-state index is 13.8. The van der Waals surface area contributed by atoms with Crippen LogP contribution in [0.4, 0.5) is 27.7 Å². The summed E-state index contributed by atoms with van der Waals surface area (Å²) in [5, 5.41) is 8.43. The highest BCUT2D eigenvalue weighted by Gasteiger charge is 2.43. The maximum atomic E-state index is 13.8. The molecule has 2 aliphatic heterocycles. The van der Waals surface area contributed by atoms with Gasteiger partial charge in [-0.2, -0.15) is 4.98 Å². The molecule has 1 saturated heterocycles. The second-order valence-corrected chi connectivity index (χ2v) is 9.17. The van der Waals surface area contributed by atoms with E-state index >= 15 is 0 Å². The van der Waals surface area contributed by atoms with Gasteiger partial charge in [0.2, 0.25) is 17.8 Å². The topological polar surface area (TPSA) is 71.3 Å². The van der Waals surface area contributed by atoms with Crippen molar-refractivity contribution >= 4 is 23.3 Å². The summed E-state index contributed by atoms with van der Waals surface area (Å²) in [6, 6.07) is 11.1. The Morgan fingerprint density at radius 2 is 1.91 bits per heavy atom. The highest BCUT2D eigenvalue weighted by molar-refractivity contribution is 5.59. The van der Waals surface area contributed by atoms with Crippen LogP contribution in [-0.2, 0) is 6.54 Å². The Balaban J connectivity index is 1.19. The fourth-order valence-electron chi connectivity index (χ4n) is 5.64. The van der Waals surface area contributed by atoms with E-state index in [1.807, 2.05) is 23.0 Å². The maximum Gasteiger partial charge on any atom is 0.244 e. The molecule has 0 spiro atoms. The number of anilines is 4. The largest absolute Gasteiger partial charge is 0.481 e. The molecule has 0 radical (unpaired) electrons. The van der Waals surface area contributed by atoms with Gasteiger partial charge in [0, 0.05) is 55.9 Å². The van der Waals surface area contributed by atoms with Gasteiger partial charge in [0.15, 0.2) is 0 Å². The highest BCUT2D eigenvalue weighted by atomic mass is 19.1. The van der Waals surface area contributed by atoms with Crippen molar-refractivity contribution in [2.24, 2.45) is 11.8 Å². The minimum atomic E-state index is -0.238. The predicted octanol–water partition coefficient (Wildman–Crippen LogP) is 3.69. The Hall–Kier alpha value is -3.36. The lowest BCUT2D eigenvalue weighted by Gasteiger charge is -2.39. The predicted molar refractivity (Wildman–Crippen MR) is 125 cm³/mol. The number of nitrogens with one attached hydrogen (secondary N) is 1. The van der Waals surface area contributed by atoms with E-state index in [0.717, 1.165) is 44.2 Å². The van der Waals surface area contributed by atoms with E-state index in [0.29, 0.717) is 29.7 Å². The Morgan fingerprint density at radius 3 is 2.70 bits per heavy atom. The van der Waals surface area contributed by atoms with E-state index in [4.69, 9.17) is 14.8 Å². The first kappa shape index (κ1) is 20.3.